The van der Waals surface area contributed by atoms with Crippen LogP contribution in [0.5, 0.6) is 0 Å². The first-order valence-corrected chi connectivity index (χ1v) is 13.9. The van der Waals surface area contributed by atoms with Gasteiger partial charge in [0.2, 0.25) is 0 Å². The summed E-state index contributed by atoms with van der Waals surface area (Å²) in [6.45, 7) is 6.68. The molecule has 1 heterocycles. The first kappa shape index (κ1) is 26.6. The fourth-order valence-corrected chi connectivity index (χ4v) is 5.38. The van der Waals surface area contributed by atoms with Gasteiger partial charge in [0.25, 0.3) is 0 Å². The summed E-state index contributed by atoms with van der Waals surface area (Å²) >= 11 is 0. The van der Waals surface area contributed by atoms with Gasteiger partial charge in [0, 0.05) is 13.1 Å². The van der Waals surface area contributed by atoms with E-state index in [1.165, 1.54) is 103 Å². The van der Waals surface area contributed by atoms with Crippen LogP contribution in [0.3, 0.4) is 0 Å². The van der Waals surface area contributed by atoms with Crippen molar-refractivity contribution in [1.82, 2.24) is 10.6 Å². The van der Waals surface area contributed by atoms with Gasteiger partial charge in [-0.2, -0.15) is 0 Å². The normalized spacial score (nSPS) is 26.6. The second-order valence-corrected chi connectivity index (χ2v) is 10.3. The van der Waals surface area contributed by atoms with Crippen LogP contribution in [-0.4, -0.2) is 31.8 Å². The van der Waals surface area contributed by atoms with Crippen molar-refractivity contribution in [1.29, 1.82) is 0 Å². The lowest BCUT2D eigenvalue weighted by Crippen LogP contribution is -2.58. The molecule has 0 aromatic rings. The van der Waals surface area contributed by atoms with Crippen LogP contribution < -0.4 is 10.6 Å². The molecule has 4 heteroatoms. The molecule has 2 rings (SSSR count). The molecule has 4 nitrogen and oxygen atoms in total. The molecule has 182 valence electrons. The molecular formula is C27H52N2O2. The highest BCUT2D eigenvalue weighted by Gasteiger charge is 2.32. The predicted octanol–water partition coefficient (Wildman–Crippen LogP) is 6.58. The van der Waals surface area contributed by atoms with Gasteiger partial charge in [-0.3, -0.25) is 4.79 Å². The van der Waals surface area contributed by atoms with Gasteiger partial charge in [-0.05, 0) is 31.1 Å². The Kier molecular flexibility index (Phi) is 14.6. The standard InChI is InChI=1S/C27H52N2O2/c1-3-5-7-8-9-10-11-12-14-20-31-27(30)25-21-28-26(29-22-25)24-18-16-23(17-19-24)15-13-6-4-2/h23-26,28-29H,3-22H2,1-2H3. The van der Waals surface area contributed by atoms with Crippen molar-refractivity contribution in [3.8, 4) is 0 Å². The Hall–Kier alpha value is -0.610. The van der Waals surface area contributed by atoms with Crippen LogP contribution >= 0.6 is 0 Å². The van der Waals surface area contributed by atoms with Crippen LogP contribution in [-0.2, 0) is 9.53 Å². The Balaban J connectivity index is 1.46. The zero-order valence-corrected chi connectivity index (χ0v) is 20.8. The SMILES string of the molecule is CCCCCCCCCCCOC(=O)C1CNC(C2CCC(CCCCC)CC2)NC1. The summed E-state index contributed by atoms with van der Waals surface area (Å²) in [6.07, 6.45) is 23.0. The summed E-state index contributed by atoms with van der Waals surface area (Å²) in [7, 11) is 0. The minimum Gasteiger partial charge on any atom is -0.465 e. The monoisotopic (exact) mass is 436 g/mol. The van der Waals surface area contributed by atoms with Gasteiger partial charge < -0.3 is 15.4 Å². The molecule has 1 saturated heterocycles. The van der Waals surface area contributed by atoms with Crippen LogP contribution in [0.4, 0.5) is 0 Å². The number of unbranched alkanes of at least 4 members (excludes halogenated alkanes) is 10. The third-order valence-corrected chi connectivity index (χ3v) is 7.57. The first-order valence-electron chi connectivity index (χ1n) is 13.9. The number of hydrogen-bond acceptors (Lipinski definition) is 4. The number of esters is 1. The quantitative estimate of drug-likeness (QED) is 0.212. The van der Waals surface area contributed by atoms with E-state index in [4.69, 9.17) is 4.74 Å². The van der Waals surface area contributed by atoms with E-state index in [0.717, 1.165) is 31.3 Å². The fourth-order valence-electron chi connectivity index (χ4n) is 5.38. The largest absolute Gasteiger partial charge is 0.465 e. The van der Waals surface area contributed by atoms with Crippen molar-refractivity contribution >= 4 is 5.97 Å². The lowest BCUT2D eigenvalue weighted by atomic mass is 9.78. The minimum absolute atomic E-state index is 0.0161. The molecule has 2 fully saturated rings. The van der Waals surface area contributed by atoms with E-state index in [-0.39, 0.29) is 11.9 Å². The molecule has 0 unspecified atom stereocenters. The highest BCUT2D eigenvalue weighted by molar-refractivity contribution is 5.73. The average molecular weight is 437 g/mol. The maximum absolute atomic E-state index is 12.4. The van der Waals surface area contributed by atoms with E-state index in [9.17, 15) is 4.79 Å². The summed E-state index contributed by atoms with van der Waals surface area (Å²) in [5.74, 6) is 1.63. The van der Waals surface area contributed by atoms with Crippen LogP contribution in [0, 0.1) is 17.8 Å². The fraction of sp³-hybridized carbons (Fsp3) is 0.963. The molecule has 0 spiro atoms. The molecule has 0 atom stereocenters. The number of hydrogen-bond donors (Lipinski definition) is 2. The Bertz CT molecular complexity index is 441. The smallest absolute Gasteiger partial charge is 0.311 e. The Labute approximate surface area is 193 Å². The minimum atomic E-state index is -0.0276. The van der Waals surface area contributed by atoms with Crippen molar-refractivity contribution in [2.75, 3.05) is 19.7 Å². The molecule has 2 N–H and O–H groups in total. The second kappa shape index (κ2) is 16.9. The summed E-state index contributed by atoms with van der Waals surface area (Å²) in [6, 6.07) is 0. The van der Waals surface area contributed by atoms with Gasteiger partial charge in [0.15, 0.2) is 0 Å². The maximum atomic E-state index is 12.4. The number of carbonyl (C=O) groups excluding carboxylic acids is 1. The molecule has 1 aliphatic carbocycles. The highest BCUT2D eigenvalue weighted by atomic mass is 16.5. The maximum Gasteiger partial charge on any atom is 0.311 e. The van der Waals surface area contributed by atoms with Crippen molar-refractivity contribution in [3.63, 3.8) is 0 Å². The molecule has 2 aliphatic rings. The number of nitrogens with one attached hydrogen (secondary N) is 2. The average Bonchev–Trinajstić information content (AvgIpc) is 2.81. The van der Waals surface area contributed by atoms with Crippen molar-refractivity contribution < 1.29 is 9.53 Å². The molecule has 0 radical (unpaired) electrons. The van der Waals surface area contributed by atoms with Crippen LogP contribution in [0.2, 0.25) is 0 Å². The summed E-state index contributed by atoms with van der Waals surface area (Å²) in [5, 5.41) is 7.23. The third-order valence-electron chi connectivity index (χ3n) is 7.57. The van der Waals surface area contributed by atoms with Gasteiger partial charge in [-0.1, -0.05) is 104 Å². The van der Waals surface area contributed by atoms with Crippen LogP contribution in [0.15, 0.2) is 0 Å². The molecule has 0 aromatic heterocycles. The van der Waals surface area contributed by atoms with Gasteiger partial charge in [-0.25, -0.2) is 0 Å². The van der Waals surface area contributed by atoms with Crippen LogP contribution in [0.25, 0.3) is 0 Å². The molecule has 1 aliphatic heterocycles. The summed E-state index contributed by atoms with van der Waals surface area (Å²) < 4.78 is 5.56. The van der Waals surface area contributed by atoms with Gasteiger partial charge in [0.05, 0.1) is 18.7 Å². The highest BCUT2D eigenvalue weighted by Crippen LogP contribution is 2.33. The molecule has 0 aromatic carbocycles. The molecular weight excluding hydrogens is 384 g/mol. The molecule has 0 bridgehead atoms. The Morgan fingerprint density at radius 2 is 1.29 bits per heavy atom. The van der Waals surface area contributed by atoms with Crippen molar-refractivity contribution in [3.05, 3.63) is 0 Å². The lowest BCUT2D eigenvalue weighted by Gasteiger charge is -2.38. The van der Waals surface area contributed by atoms with E-state index >= 15 is 0 Å². The van der Waals surface area contributed by atoms with E-state index in [1.54, 1.807) is 0 Å². The van der Waals surface area contributed by atoms with Crippen molar-refractivity contribution in [2.45, 2.75) is 129 Å². The summed E-state index contributed by atoms with van der Waals surface area (Å²) in [5.41, 5.74) is 0. The Morgan fingerprint density at radius 3 is 1.90 bits per heavy atom. The number of ether oxygens (including phenoxy) is 1. The van der Waals surface area contributed by atoms with Gasteiger partial charge in [0.1, 0.15) is 0 Å². The predicted molar refractivity (Wildman–Crippen MR) is 131 cm³/mol. The lowest BCUT2D eigenvalue weighted by molar-refractivity contribution is -0.149. The molecule has 1 saturated carbocycles. The van der Waals surface area contributed by atoms with E-state index < -0.39 is 0 Å². The second-order valence-electron chi connectivity index (χ2n) is 10.3. The Morgan fingerprint density at radius 1 is 0.742 bits per heavy atom. The van der Waals surface area contributed by atoms with E-state index in [2.05, 4.69) is 24.5 Å². The topological polar surface area (TPSA) is 50.4 Å². The van der Waals surface area contributed by atoms with Crippen molar-refractivity contribution in [2.24, 2.45) is 17.8 Å². The van der Waals surface area contributed by atoms with E-state index in [0.29, 0.717) is 12.8 Å². The van der Waals surface area contributed by atoms with Crippen LogP contribution in [0.1, 0.15) is 123 Å². The number of rotatable bonds is 16. The molecule has 31 heavy (non-hydrogen) atoms. The first-order chi connectivity index (χ1) is 15.2. The van der Waals surface area contributed by atoms with Gasteiger partial charge in [-0.15, -0.1) is 0 Å². The number of carbonyl (C=O) groups is 1. The molecule has 0 amide bonds. The zero-order chi connectivity index (χ0) is 22.2. The van der Waals surface area contributed by atoms with E-state index in [1.807, 2.05) is 0 Å². The third kappa shape index (κ3) is 11.2. The van der Waals surface area contributed by atoms with Gasteiger partial charge >= 0.3 is 5.97 Å². The summed E-state index contributed by atoms with van der Waals surface area (Å²) in [4.78, 5) is 12.4. The zero-order valence-electron chi connectivity index (χ0n) is 20.8.